The molecule has 1 atom stereocenters. The van der Waals surface area contributed by atoms with Gasteiger partial charge in [-0.1, -0.05) is 54.4 Å². The third kappa shape index (κ3) is 6.72. The highest BCUT2D eigenvalue weighted by Gasteiger charge is 2.33. The molecule has 0 spiro atoms. The van der Waals surface area contributed by atoms with E-state index in [2.05, 4.69) is 5.32 Å². The zero-order valence-electron chi connectivity index (χ0n) is 22.5. The van der Waals surface area contributed by atoms with E-state index in [1.54, 1.807) is 36.4 Å². The molecule has 38 heavy (non-hydrogen) atoms. The van der Waals surface area contributed by atoms with Crippen LogP contribution in [0.3, 0.4) is 0 Å². The summed E-state index contributed by atoms with van der Waals surface area (Å²) in [6.07, 6.45) is 0.368. The largest absolute Gasteiger partial charge is 0.497 e. The molecular weight excluding hydrogens is 502 g/mol. The maximum absolute atomic E-state index is 13.9. The summed E-state index contributed by atoms with van der Waals surface area (Å²) < 4.78 is 33.9. The van der Waals surface area contributed by atoms with Crippen LogP contribution in [0.25, 0.3) is 0 Å². The number of benzene rings is 3. The topological polar surface area (TPSA) is 96.0 Å². The first kappa shape index (κ1) is 28.7. The number of aryl methyl sites for hydroxylation is 2. The fourth-order valence-corrected chi connectivity index (χ4v) is 5.51. The molecule has 3 aromatic rings. The van der Waals surface area contributed by atoms with Crippen LogP contribution in [0.2, 0.25) is 0 Å². The van der Waals surface area contributed by atoms with Gasteiger partial charge in [-0.05, 0) is 62.2 Å². The Labute approximate surface area is 225 Å². The highest BCUT2D eigenvalue weighted by molar-refractivity contribution is 7.92. The highest BCUT2D eigenvalue weighted by Crippen LogP contribution is 2.26. The van der Waals surface area contributed by atoms with Gasteiger partial charge in [-0.3, -0.25) is 13.9 Å². The van der Waals surface area contributed by atoms with E-state index in [1.807, 2.05) is 45.0 Å². The lowest BCUT2D eigenvalue weighted by Crippen LogP contribution is -2.51. The van der Waals surface area contributed by atoms with E-state index in [9.17, 15) is 18.0 Å². The first-order valence-electron chi connectivity index (χ1n) is 12.4. The van der Waals surface area contributed by atoms with E-state index in [0.29, 0.717) is 17.9 Å². The minimum Gasteiger partial charge on any atom is -0.497 e. The number of methoxy groups -OCH3 is 1. The van der Waals surface area contributed by atoms with Gasteiger partial charge in [-0.15, -0.1) is 0 Å². The Balaban J connectivity index is 2.04. The van der Waals surface area contributed by atoms with Gasteiger partial charge in [0.15, 0.2) is 0 Å². The second-order valence-corrected chi connectivity index (χ2v) is 10.9. The van der Waals surface area contributed by atoms with Gasteiger partial charge in [0.1, 0.15) is 18.3 Å². The Morgan fingerprint density at radius 2 is 1.45 bits per heavy atom. The standard InChI is InChI=1S/C29H35N3O5S/c1-6-27(29(34)30-4)31(19-23-11-7-21(2)8-12-23)28(33)20-32(24-13-9-22(3)10-14-24)38(35,36)26-17-15-25(37-5)16-18-26/h7-18,27H,6,19-20H2,1-5H3,(H,30,34). The fraction of sp³-hybridized carbons (Fsp3) is 0.310. The lowest BCUT2D eigenvalue weighted by atomic mass is 10.1. The lowest BCUT2D eigenvalue weighted by molar-refractivity contribution is -0.140. The average molecular weight is 538 g/mol. The summed E-state index contributed by atoms with van der Waals surface area (Å²) in [7, 11) is -1.11. The van der Waals surface area contributed by atoms with E-state index in [4.69, 9.17) is 4.74 Å². The molecule has 0 saturated heterocycles. The number of hydrogen-bond acceptors (Lipinski definition) is 5. The Morgan fingerprint density at radius 3 is 1.95 bits per heavy atom. The van der Waals surface area contributed by atoms with Gasteiger partial charge in [0.25, 0.3) is 10.0 Å². The van der Waals surface area contributed by atoms with Crippen molar-refractivity contribution in [3.8, 4) is 5.75 Å². The van der Waals surface area contributed by atoms with Crippen molar-refractivity contribution in [1.82, 2.24) is 10.2 Å². The van der Waals surface area contributed by atoms with Gasteiger partial charge in [-0.25, -0.2) is 8.42 Å². The fourth-order valence-electron chi connectivity index (χ4n) is 4.09. The summed E-state index contributed by atoms with van der Waals surface area (Å²) in [5, 5.41) is 2.63. The molecule has 0 bridgehead atoms. The lowest BCUT2D eigenvalue weighted by Gasteiger charge is -2.33. The van der Waals surface area contributed by atoms with Crippen molar-refractivity contribution in [1.29, 1.82) is 0 Å². The molecule has 8 nitrogen and oxygen atoms in total. The molecule has 3 rings (SSSR count). The van der Waals surface area contributed by atoms with Crippen LogP contribution in [0.4, 0.5) is 5.69 Å². The van der Waals surface area contributed by atoms with E-state index < -0.39 is 28.5 Å². The maximum atomic E-state index is 13.9. The molecule has 0 saturated carbocycles. The molecule has 0 radical (unpaired) electrons. The number of hydrogen-bond donors (Lipinski definition) is 1. The van der Waals surface area contributed by atoms with E-state index >= 15 is 0 Å². The van der Waals surface area contributed by atoms with Crippen LogP contribution in [-0.4, -0.2) is 51.9 Å². The maximum Gasteiger partial charge on any atom is 0.264 e. The van der Waals surface area contributed by atoms with Crippen LogP contribution in [0.5, 0.6) is 5.75 Å². The van der Waals surface area contributed by atoms with Crippen LogP contribution >= 0.6 is 0 Å². The summed E-state index contributed by atoms with van der Waals surface area (Å²) in [5.74, 6) is -0.283. The molecule has 0 aromatic heterocycles. The highest BCUT2D eigenvalue weighted by atomic mass is 32.2. The number of nitrogens with zero attached hydrogens (tertiary/aromatic N) is 2. The van der Waals surface area contributed by atoms with Gasteiger partial charge >= 0.3 is 0 Å². The number of anilines is 1. The van der Waals surface area contributed by atoms with Crippen LogP contribution in [0.15, 0.2) is 77.7 Å². The Bertz CT molecular complexity index is 1340. The van der Waals surface area contributed by atoms with Crippen LogP contribution in [-0.2, 0) is 26.2 Å². The summed E-state index contributed by atoms with van der Waals surface area (Å²) in [5.41, 5.74) is 3.21. The van der Waals surface area contributed by atoms with Crippen LogP contribution in [0, 0.1) is 13.8 Å². The molecule has 202 valence electrons. The average Bonchev–Trinajstić information content (AvgIpc) is 2.92. The third-order valence-electron chi connectivity index (χ3n) is 6.35. The predicted molar refractivity (Wildman–Crippen MR) is 149 cm³/mol. The molecule has 1 unspecified atom stereocenters. The van der Waals surface area contributed by atoms with Gasteiger partial charge in [0.2, 0.25) is 11.8 Å². The number of carbonyl (C=O) groups is 2. The minimum atomic E-state index is -4.13. The second-order valence-electron chi connectivity index (χ2n) is 9.07. The van der Waals surface area contributed by atoms with Crippen molar-refractivity contribution < 1.29 is 22.7 Å². The monoisotopic (exact) mass is 537 g/mol. The quantitative estimate of drug-likeness (QED) is 0.398. The molecule has 0 fully saturated rings. The molecule has 0 aliphatic carbocycles. The zero-order valence-corrected chi connectivity index (χ0v) is 23.3. The number of sulfonamides is 1. The van der Waals surface area contributed by atoms with Crippen molar-refractivity contribution in [3.05, 3.63) is 89.5 Å². The smallest absolute Gasteiger partial charge is 0.264 e. The molecule has 9 heteroatoms. The first-order valence-corrected chi connectivity index (χ1v) is 13.8. The van der Waals surface area contributed by atoms with E-state index in [1.165, 1.54) is 31.2 Å². The predicted octanol–water partition coefficient (Wildman–Crippen LogP) is 4.06. The number of amides is 2. The molecule has 0 aliphatic rings. The molecule has 1 N–H and O–H groups in total. The first-order chi connectivity index (χ1) is 18.1. The molecule has 2 amide bonds. The van der Waals surface area contributed by atoms with E-state index in [-0.39, 0.29) is 17.3 Å². The molecular formula is C29H35N3O5S. The molecule has 0 heterocycles. The number of ether oxygens (including phenoxy) is 1. The Morgan fingerprint density at radius 1 is 0.895 bits per heavy atom. The van der Waals surface area contributed by atoms with Crippen LogP contribution < -0.4 is 14.4 Å². The molecule has 3 aromatic carbocycles. The summed E-state index contributed by atoms with van der Waals surface area (Å²) in [6, 6.07) is 19.8. The van der Waals surface area contributed by atoms with Crippen molar-refractivity contribution in [2.45, 2.75) is 44.7 Å². The summed E-state index contributed by atoms with van der Waals surface area (Å²) >= 11 is 0. The number of rotatable bonds is 11. The second kappa shape index (κ2) is 12.6. The molecule has 0 aliphatic heterocycles. The summed E-state index contributed by atoms with van der Waals surface area (Å²) in [4.78, 5) is 28.1. The number of likely N-dealkylation sites (N-methyl/N-ethyl adjacent to an activating group) is 1. The van der Waals surface area contributed by atoms with Crippen molar-refractivity contribution in [2.75, 3.05) is 25.0 Å². The third-order valence-corrected chi connectivity index (χ3v) is 8.14. The van der Waals surface area contributed by atoms with Crippen LogP contribution in [0.1, 0.15) is 30.0 Å². The summed E-state index contributed by atoms with van der Waals surface area (Å²) in [6.45, 7) is 5.37. The minimum absolute atomic E-state index is 0.0232. The van der Waals surface area contributed by atoms with Gasteiger partial charge in [0.05, 0.1) is 17.7 Å². The van der Waals surface area contributed by atoms with Crippen molar-refractivity contribution in [3.63, 3.8) is 0 Å². The Hall–Kier alpha value is -3.85. The van der Waals surface area contributed by atoms with Crippen molar-refractivity contribution >= 4 is 27.5 Å². The number of carbonyl (C=O) groups excluding carboxylic acids is 2. The van der Waals surface area contributed by atoms with Crippen molar-refractivity contribution in [2.24, 2.45) is 0 Å². The SMILES string of the molecule is CCC(C(=O)NC)N(Cc1ccc(C)cc1)C(=O)CN(c1ccc(C)cc1)S(=O)(=O)c1ccc(OC)cc1. The zero-order chi connectivity index (χ0) is 27.9. The van der Waals surface area contributed by atoms with Gasteiger partial charge in [0, 0.05) is 13.6 Å². The normalized spacial score (nSPS) is 11.9. The Kier molecular flexibility index (Phi) is 9.52. The number of nitrogens with one attached hydrogen (secondary N) is 1. The van der Waals surface area contributed by atoms with Gasteiger partial charge < -0.3 is 15.0 Å². The van der Waals surface area contributed by atoms with Gasteiger partial charge in [-0.2, -0.15) is 0 Å². The van der Waals surface area contributed by atoms with E-state index in [0.717, 1.165) is 21.0 Å².